The van der Waals surface area contributed by atoms with E-state index in [-0.39, 0.29) is 0 Å². The van der Waals surface area contributed by atoms with Crippen LogP contribution in [0.15, 0.2) is 66.3 Å². The Balaban J connectivity index is 2.01. The van der Waals surface area contributed by atoms with Crippen LogP contribution in [0.1, 0.15) is 23.5 Å². The van der Waals surface area contributed by atoms with E-state index < -0.39 is 0 Å². The Morgan fingerprint density at radius 3 is 2.63 bits per heavy atom. The summed E-state index contributed by atoms with van der Waals surface area (Å²) in [5, 5.41) is 0. The zero-order valence-electron chi connectivity index (χ0n) is 10.6. The molecule has 0 fully saturated rings. The van der Waals surface area contributed by atoms with Crippen molar-refractivity contribution >= 4 is 3.32 Å². The normalized spacial score (nSPS) is 19.1. The molecule has 0 aliphatic heterocycles. The standard InChI is InChI=1S/C18H13.Hf/c1-2-8-13(7-1)18-16-11-5-3-9-14(16)15-10-4-6-12-17(15)18;/h1-7,9-11,18H,8H2;. The number of hydrogen-bond acceptors (Lipinski definition) is 0. The fraction of sp³-hybridized carbons (Fsp3) is 0.111. The molecule has 1 atom stereocenters. The van der Waals surface area contributed by atoms with E-state index in [9.17, 15) is 0 Å². The van der Waals surface area contributed by atoms with Crippen LogP contribution >= 0.6 is 0 Å². The Kier molecular flexibility index (Phi) is 2.70. The quantitative estimate of drug-likeness (QED) is 0.630. The molecule has 0 saturated carbocycles. The third-order valence-corrected chi connectivity index (χ3v) is 5.69. The number of allylic oxidation sites excluding steroid dienone is 4. The van der Waals surface area contributed by atoms with Crippen molar-refractivity contribution in [3.8, 4) is 11.1 Å². The molecule has 0 amide bonds. The fourth-order valence-corrected chi connectivity index (χ4v) is 4.67. The molecule has 0 radical (unpaired) electrons. The summed E-state index contributed by atoms with van der Waals surface area (Å²) in [5.41, 5.74) is 7.52. The zero-order chi connectivity index (χ0) is 12.8. The van der Waals surface area contributed by atoms with Gasteiger partial charge in [0.1, 0.15) is 0 Å². The van der Waals surface area contributed by atoms with Crippen LogP contribution in [0.3, 0.4) is 0 Å². The van der Waals surface area contributed by atoms with Crippen LogP contribution in [0.25, 0.3) is 11.1 Å². The van der Waals surface area contributed by atoms with Gasteiger partial charge in [-0.3, -0.25) is 0 Å². The molecule has 0 saturated heterocycles. The van der Waals surface area contributed by atoms with Gasteiger partial charge in [-0.25, -0.2) is 0 Å². The van der Waals surface area contributed by atoms with Crippen molar-refractivity contribution < 1.29 is 24.4 Å². The first kappa shape index (κ1) is 11.6. The number of rotatable bonds is 1. The molecule has 2 aliphatic rings. The van der Waals surface area contributed by atoms with Crippen LogP contribution in [-0.4, -0.2) is 0 Å². The van der Waals surface area contributed by atoms with Gasteiger partial charge in [-0.15, -0.1) is 0 Å². The molecular formula is C18H13Hf. The van der Waals surface area contributed by atoms with Crippen molar-refractivity contribution in [3.05, 3.63) is 77.4 Å². The molecule has 4 rings (SSSR count). The van der Waals surface area contributed by atoms with Gasteiger partial charge >= 0.3 is 129 Å². The van der Waals surface area contributed by atoms with Gasteiger partial charge in [0.05, 0.1) is 0 Å². The van der Waals surface area contributed by atoms with Gasteiger partial charge in [-0.2, -0.15) is 0 Å². The topological polar surface area (TPSA) is 0 Å². The van der Waals surface area contributed by atoms with Crippen molar-refractivity contribution in [1.29, 1.82) is 0 Å². The van der Waals surface area contributed by atoms with Gasteiger partial charge in [-0.05, 0) is 0 Å². The van der Waals surface area contributed by atoms with E-state index >= 15 is 0 Å². The molecule has 2 aromatic rings. The van der Waals surface area contributed by atoms with Crippen molar-refractivity contribution in [2.45, 2.75) is 12.3 Å². The van der Waals surface area contributed by atoms with Crippen molar-refractivity contribution in [3.63, 3.8) is 0 Å². The molecule has 0 nitrogen and oxygen atoms in total. The molecule has 19 heavy (non-hydrogen) atoms. The minimum absolute atomic E-state index is 0.495. The van der Waals surface area contributed by atoms with Crippen LogP contribution in [0.2, 0.25) is 0 Å². The van der Waals surface area contributed by atoms with Crippen LogP contribution in [0.4, 0.5) is 0 Å². The summed E-state index contributed by atoms with van der Waals surface area (Å²) in [7, 11) is 0. The molecule has 0 bridgehead atoms. The van der Waals surface area contributed by atoms with Gasteiger partial charge in [0.25, 0.3) is 0 Å². The predicted octanol–water partition coefficient (Wildman–Crippen LogP) is 3.86. The van der Waals surface area contributed by atoms with E-state index in [2.05, 4.69) is 60.7 Å². The summed E-state index contributed by atoms with van der Waals surface area (Å²) in [6, 6.07) is 15.7. The fourth-order valence-electron chi connectivity index (χ4n) is 3.32. The van der Waals surface area contributed by atoms with Crippen LogP contribution in [0, 0.1) is 0 Å². The monoisotopic (exact) mass is 409 g/mol. The van der Waals surface area contributed by atoms with Crippen LogP contribution in [0.5, 0.6) is 0 Å². The third-order valence-electron chi connectivity index (χ3n) is 4.13. The summed E-state index contributed by atoms with van der Waals surface area (Å²) in [6.07, 6.45) is 7.89. The average molecular weight is 408 g/mol. The third kappa shape index (κ3) is 1.68. The Bertz CT molecular complexity index is 722. The van der Waals surface area contributed by atoms with Crippen molar-refractivity contribution in [2.24, 2.45) is 0 Å². The molecule has 0 aromatic heterocycles. The SMILES string of the molecule is [Hf][c]1cccc2c1C(C1=CC=CC1)c1ccccc1-2. The van der Waals surface area contributed by atoms with Gasteiger partial charge in [0.2, 0.25) is 0 Å². The van der Waals surface area contributed by atoms with E-state index in [1.54, 1.807) is 14.5 Å². The second kappa shape index (κ2) is 4.42. The van der Waals surface area contributed by atoms with E-state index in [0.717, 1.165) is 30.8 Å². The van der Waals surface area contributed by atoms with E-state index in [1.165, 1.54) is 16.7 Å². The van der Waals surface area contributed by atoms with Crippen molar-refractivity contribution in [1.82, 2.24) is 0 Å². The van der Waals surface area contributed by atoms with Crippen LogP contribution in [-0.2, 0) is 24.4 Å². The van der Waals surface area contributed by atoms with E-state index in [0.29, 0.717) is 5.92 Å². The van der Waals surface area contributed by atoms with Gasteiger partial charge in [0, 0.05) is 0 Å². The van der Waals surface area contributed by atoms with E-state index in [1.807, 2.05) is 0 Å². The maximum atomic E-state index is 2.31. The number of hydrogen-bond donors (Lipinski definition) is 0. The summed E-state index contributed by atoms with van der Waals surface area (Å²) < 4.78 is 1.55. The molecule has 0 spiro atoms. The second-order valence-electron chi connectivity index (χ2n) is 5.16. The zero-order valence-corrected chi connectivity index (χ0v) is 14.2. The first-order chi connectivity index (χ1) is 9.36. The van der Waals surface area contributed by atoms with Crippen LogP contribution < -0.4 is 3.32 Å². The molecule has 1 unspecified atom stereocenters. The molecule has 0 heterocycles. The summed E-state index contributed by atoms with van der Waals surface area (Å²) >= 11 is 1.12. The number of fused-ring (bicyclic) bond motifs is 3. The summed E-state index contributed by atoms with van der Waals surface area (Å²) in [5.74, 6) is 0.495. The minimum atomic E-state index is 0.495. The first-order valence-corrected chi connectivity index (χ1v) is 8.45. The maximum absolute atomic E-state index is 2.31. The van der Waals surface area contributed by atoms with Gasteiger partial charge in [-0.1, -0.05) is 0 Å². The van der Waals surface area contributed by atoms with Gasteiger partial charge in [0.15, 0.2) is 0 Å². The van der Waals surface area contributed by atoms with Gasteiger partial charge < -0.3 is 0 Å². The molecule has 0 N–H and O–H groups in total. The molecule has 2 aromatic carbocycles. The second-order valence-corrected chi connectivity index (χ2v) is 7.10. The molecule has 1 heteroatoms. The predicted molar refractivity (Wildman–Crippen MR) is 75.2 cm³/mol. The first-order valence-electron chi connectivity index (χ1n) is 6.65. The average Bonchev–Trinajstić information content (AvgIpc) is 3.04. The Morgan fingerprint density at radius 1 is 0.947 bits per heavy atom. The van der Waals surface area contributed by atoms with E-state index in [4.69, 9.17) is 0 Å². The van der Waals surface area contributed by atoms with Crippen molar-refractivity contribution in [2.75, 3.05) is 0 Å². The summed E-state index contributed by atoms with van der Waals surface area (Å²) in [4.78, 5) is 0. The molecular weight excluding hydrogens is 395 g/mol. The Labute approximate surface area is 128 Å². The Morgan fingerprint density at radius 2 is 1.79 bits per heavy atom. The molecule has 89 valence electrons. The Hall–Kier alpha value is -1.21. The molecule has 2 aliphatic carbocycles. The summed E-state index contributed by atoms with van der Waals surface area (Å²) in [6.45, 7) is 0. The number of benzene rings is 2.